The number of esters is 1. The molecule has 0 aliphatic heterocycles. The average molecular weight is 352 g/mol. The van der Waals surface area contributed by atoms with E-state index < -0.39 is 10.9 Å². The van der Waals surface area contributed by atoms with Gasteiger partial charge < -0.3 is 4.74 Å². The number of non-ortho nitro benzene ring substituents is 1. The Balaban J connectivity index is 1.68. The molecule has 8 nitrogen and oxygen atoms in total. The van der Waals surface area contributed by atoms with Crippen molar-refractivity contribution >= 4 is 11.7 Å². The molecule has 0 spiro atoms. The van der Waals surface area contributed by atoms with Gasteiger partial charge in [0.2, 0.25) is 0 Å². The molecule has 0 N–H and O–H groups in total. The monoisotopic (exact) mass is 352 g/mol. The van der Waals surface area contributed by atoms with Crippen LogP contribution in [0.5, 0.6) is 0 Å². The molecule has 0 aliphatic carbocycles. The van der Waals surface area contributed by atoms with Crippen LogP contribution in [0.1, 0.15) is 27.3 Å². The lowest BCUT2D eigenvalue weighted by molar-refractivity contribution is -0.384. The number of hydrogen-bond donors (Lipinski definition) is 0. The van der Waals surface area contributed by atoms with Crippen LogP contribution in [0.15, 0.2) is 48.7 Å². The van der Waals surface area contributed by atoms with Crippen molar-refractivity contribution in [3.8, 4) is 5.82 Å². The molecule has 1 aromatic carbocycles. The molecule has 0 radical (unpaired) electrons. The Labute approximate surface area is 149 Å². The number of ether oxygens (including phenoxy) is 1. The molecule has 0 amide bonds. The van der Waals surface area contributed by atoms with Crippen LogP contribution in [-0.4, -0.2) is 25.7 Å². The Morgan fingerprint density at radius 3 is 2.65 bits per heavy atom. The predicted molar refractivity (Wildman–Crippen MR) is 93.0 cm³/mol. The van der Waals surface area contributed by atoms with Crippen LogP contribution >= 0.6 is 0 Å². The number of benzene rings is 1. The summed E-state index contributed by atoms with van der Waals surface area (Å²) in [6, 6.07) is 11.2. The van der Waals surface area contributed by atoms with E-state index in [1.165, 1.54) is 18.3 Å². The SMILES string of the molecule is Cc1cc(C)n(-c2ccc(C(=O)OCc3cccc([N+](=O)[O-])c3)cn2)n1. The molecule has 132 valence electrons. The van der Waals surface area contributed by atoms with E-state index in [0.29, 0.717) is 16.9 Å². The van der Waals surface area contributed by atoms with Gasteiger partial charge in [-0.25, -0.2) is 14.5 Å². The highest BCUT2D eigenvalue weighted by atomic mass is 16.6. The molecule has 26 heavy (non-hydrogen) atoms. The third kappa shape index (κ3) is 3.75. The van der Waals surface area contributed by atoms with E-state index in [9.17, 15) is 14.9 Å². The highest BCUT2D eigenvalue weighted by Crippen LogP contribution is 2.15. The standard InChI is InChI=1S/C18H16N4O4/c1-12-8-13(2)21(20-12)17-7-6-15(10-19-17)18(23)26-11-14-4-3-5-16(9-14)22(24)25/h3-10H,11H2,1-2H3. The Kier molecular flexibility index (Phi) is 4.74. The van der Waals surface area contributed by atoms with Crippen molar-refractivity contribution in [3.05, 3.63) is 81.3 Å². The second-order valence-electron chi connectivity index (χ2n) is 5.75. The van der Waals surface area contributed by atoms with Gasteiger partial charge in [-0.2, -0.15) is 5.10 Å². The second kappa shape index (κ2) is 7.14. The molecule has 3 rings (SSSR count). The number of nitro groups is 1. The lowest BCUT2D eigenvalue weighted by Gasteiger charge is -2.06. The molecule has 2 heterocycles. The summed E-state index contributed by atoms with van der Waals surface area (Å²) in [4.78, 5) is 26.7. The highest BCUT2D eigenvalue weighted by molar-refractivity contribution is 5.89. The van der Waals surface area contributed by atoms with Crippen molar-refractivity contribution in [2.75, 3.05) is 0 Å². The van der Waals surface area contributed by atoms with Crippen molar-refractivity contribution in [2.45, 2.75) is 20.5 Å². The first kappa shape index (κ1) is 17.3. The molecule has 0 saturated heterocycles. The van der Waals surface area contributed by atoms with Gasteiger partial charge in [0.1, 0.15) is 6.61 Å². The topological polar surface area (TPSA) is 100 Å². The Morgan fingerprint density at radius 1 is 1.23 bits per heavy atom. The highest BCUT2D eigenvalue weighted by Gasteiger charge is 2.12. The van der Waals surface area contributed by atoms with Crippen molar-refractivity contribution in [2.24, 2.45) is 0 Å². The number of hydrogen-bond acceptors (Lipinski definition) is 6. The van der Waals surface area contributed by atoms with Crippen LogP contribution in [0.2, 0.25) is 0 Å². The number of aromatic nitrogens is 3. The van der Waals surface area contributed by atoms with Gasteiger partial charge in [0.15, 0.2) is 5.82 Å². The van der Waals surface area contributed by atoms with Crippen LogP contribution in [0.3, 0.4) is 0 Å². The number of nitrogens with zero attached hydrogens (tertiary/aromatic N) is 4. The van der Waals surface area contributed by atoms with Crippen molar-refractivity contribution in [1.82, 2.24) is 14.8 Å². The average Bonchev–Trinajstić information content (AvgIpc) is 2.98. The Bertz CT molecular complexity index is 964. The summed E-state index contributed by atoms with van der Waals surface area (Å²) in [6.07, 6.45) is 1.42. The first-order valence-electron chi connectivity index (χ1n) is 7.84. The second-order valence-corrected chi connectivity index (χ2v) is 5.75. The van der Waals surface area contributed by atoms with Crippen LogP contribution in [0.4, 0.5) is 5.69 Å². The summed E-state index contributed by atoms with van der Waals surface area (Å²) in [7, 11) is 0. The smallest absolute Gasteiger partial charge is 0.340 e. The summed E-state index contributed by atoms with van der Waals surface area (Å²) in [6.45, 7) is 3.76. The van der Waals surface area contributed by atoms with E-state index in [-0.39, 0.29) is 12.3 Å². The molecule has 0 fully saturated rings. The minimum atomic E-state index is -0.552. The number of aryl methyl sites for hydroxylation is 2. The van der Waals surface area contributed by atoms with Gasteiger partial charge in [0.05, 0.1) is 16.2 Å². The summed E-state index contributed by atoms with van der Waals surface area (Å²) in [5, 5.41) is 15.1. The Morgan fingerprint density at radius 2 is 2.04 bits per heavy atom. The fourth-order valence-electron chi connectivity index (χ4n) is 2.48. The fourth-order valence-corrected chi connectivity index (χ4v) is 2.48. The quantitative estimate of drug-likeness (QED) is 0.397. The number of nitro benzene ring substituents is 1. The first-order chi connectivity index (χ1) is 12.4. The van der Waals surface area contributed by atoms with Crippen LogP contribution in [-0.2, 0) is 11.3 Å². The third-order valence-corrected chi connectivity index (χ3v) is 3.70. The number of rotatable bonds is 5. The molecule has 0 bridgehead atoms. The van der Waals surface area contributed by atoms with Gasteiger partial charge in [-0.1, -0.05) is 12.1 Å². The maximum atomic E-state index is 12.1. The van der Waals surface area contributed by atoms with E-state index in [1.807, 2.05) is 19.9 Å². The van der Waals surface area contributed by atoms with Gasteiger partial charge in [-0.3, -0.25) is 10.1 Å². The van der Waals surface area contributed by atoms with Gasteiger partial charge >= 0.3 is 5.97 Å². The molecule has 0 atom stereocenters. The van der Waals surface area contributed by atoms with E-state index in [4.69, 9.17) is 4.74 Å². The zero-order valence-corrected chi connectivity index (χ0v) is 14.2. The van der Waals surface area contributed by atoms with E-state index in [2.05, 4.69) is 10.1 Å². The zero-order chi connectivity index (χ0) is 18.7. The van der Waals surface area contributed by atoms with Crippen LogP contribution in [0.25, 0.3) is 5.82 Å². The van der Waals surface area contributed by atoms with Gasteiger partial charge in [-0.05, 0) is 37.6 Å². The third-order valence-electron chi connectivity index (χ3n) is 3.70. The summed E-state index contributed by atoms with van der Waals surface area (Å²) >= 11 is 0. The molecule has 3 aromatic rings. The Hall–Kier alpha value is -3.55. The zero-order valence-electron chi connectivity index (χ0n) is 14.2. The fraction of sp³-hybridized carbons (Fsp3) is 0.167. The van der Waals surface area contributed by atoms with Gasteiger partial charge in [0.25, 0.3) is 5.69 Å². The molecule has 8 heteroatoms. The molecule has 0 aliphatic rings. The lowest BCUT2D eigenvalue weighted by atomic mass is 10.2. The molecule has 0 saturated carbocycles. The molecular formula is C18H16N4O4. The first-order valence-corrected chi connectivity index (χ1v) is 7.84. The van der Waals surface area contributed by atoms with Crippen molar-refractivity contribution < 1.29 is 14.5 Å². The minimum Gasteiger partial charge on any atom is -0.457 e. The normalized spacial score (nSPS) is 10.5. The predicted octanol–water partition coefficient (Wildman–Crippen LogP) is 3.15. The van der Waals surface area contributed by atoms with Crippen LogP contribution in [0, 0.1) is 24.0 Å². The number of carbonyl (C=O) groups is 1. The summed E-state index contributed by atoms with van der Waals surface area (Å²) < 4.78 is 6.89. The van der Waals surface area contributed by atoms with Gasteiger partial charge in [0, 0.05) is 24.0 Å². The lowest BCUT2D eigenvalue weighted by Crippen LogP contribution is -2.08. The summed E-state index contributed by atoms with van der Waals surface area (Å²) in [5.74, 6) is 0.0507. The van der Waals surface area contributed by atoms with Crippen molar-refractivity contribution in [1.29, 1.82) is 0 Å². The molecule has 2 aromatic heterocycles. The van der Waals surface area contributed by atoms with Crippen molar-refractivity contribution in [3.63, 3.8) is 0 Å². The van der Waals surface area contributed by atoms with Crippen LogP contribution < -0.4 is 0 Å². The maximum Gasteiger partial charge on any atom is 0.340 e. The van der Waals surface area contributed by atoms with E-state index in [1.54, 1.807) is 28.9 Å². The largest absolute Gasteiger partial charge is 0.457 e. The van der Waals surface area contributed by atoms with E-state index >= 15 is 0 Å². The van der Waals surface area contributed by atoms with E-state index in [0.717, 1.165) is 11.4 Å². The maximum absolute atomic E-state index is 12.1. The summed E-state index contributed by atoms with van der Waals surface area (Å²) in [5.41, 5.74) is 2.61. The van der Waals surface area contributed by atoms with Gasteiger partial charge in [-0.15, -0.1) is 0 Å². The molecular weight excluding hydrogens is 336 g/mol. The number of pyridine rings is 1. The minimum absolute atomic E-state index is 0.0468. The molecule has 0 unspecified atom stereocenters. The number of carbonyl (C=O) groups excluding carboxylic acids is 1.